The number of carbonyl (C=O) groups excluding carboxylic acids is 1. The molecule has 3 heteroatoms. The molecular formula is C15H19NOS. The Kier molecular flexibility index (Phi) is 6.96. The van der Waals surface area contributed by atoms with Gasteiger partial charge in [-0.05, 0) is 18.2 Å². The quantitative estimate of drug-likeness (QED) is 0.827. The summed E-state index contributed by atoms with van der Waals surface area (Å²) in [5, 5.41) is 0. The van der Waals surface area contributed by atoms with Crippen molar-refractivity contribution in [2.75, 3.05) is 12.3 Å². The van der Waals surface area contributed by atoms with Crippen LogP contribution in [0.5, 0.6) is 0 Å². The fourth-order valence-corrected chi connectivity index (χ4v) is 1.72. The van der Waals surface area contributed by atoms with Crippen molar-refractivity contribution in [3.8, 4) is 0 Å². The Balaban J connectivity index is 0.000000184. The van der Waals surface area contributed by atoms with Gasteiger partial charge in [-0.15, -0.1) is 0 Å². The van der Waals surface area contributed by atoms with Crippen LogP contribution >= 0.6 is 12.6 Å². The predicted octanol–water partition coefficient (Wildman–Crippen LogP) is 3.38. The maximum absolute atomic E-state index is 10.7. The largest absolute Gasteiger partial charge is 0.320 e. The molecule has 96 valence electrons. The van der Waals surface area contributed by atoms with Crippen LogP contribution < -0.4 is 0 Å². The summed E-state index contributed by atoms with van der Waals surface area (Å²) in [6.45, 7) is 4.36. The Morgan fingerprint density at radius 1 is 1.33 bits per heavy atom. The van der Waals surface area contributed by atoms with E-state index in [0.29, 0.717) is 6.42 Å². The van der Waals surface area contributed by atoms with Crippen molar-refractivity contribution in [1.82, 2.24) is 4.90 Å². The monoisotopic (exact) mass is 261 g/mol. The van der Waals surface area contributed by atoms with E-state index in [2.05, 4.69) is 37.4 Å². The van der Waals surface area contributed by atoms with Crippen LogP contribution in [0.1, 0.15) is 18.4 Å². The van der Waals surface area contributed by atoms with Gasteiger partial charge in [0.15, 0.2) is 0 Å². The second-order valence-electron chi connectivity index (χ2n) is 3.87. The van der Waals surface area contributed by atoms with Crippen LogP contribution in [0.4, 0.5) is 0 Å². The summed E-state index contributed by atoms with van der Waals surface area (Å²) in [7, 11) is 0. The smallest absolute Gasteiger partial charge is 0.226 e. The first-order valence-electron chi connectivity index (χ1n) is 6.02. The molecule has 1 saturated heterocycles. The highest BCUT2D eigenvalue weighted by Crippen LogP contribution is 2.08. The Bertz CT molecular complexity index is 400. The molecule has 0 spiro atoms. The summed E-state index contributed by atoms with van der Waals surface area (Å²) < 4.78 is 0. The van der Waals surface area contributed by atoms with Gasteiger partial charge in [0, 0.05) is 18.7 Å². The van der Waals surface area contributed by atoms with E-state index in [4.69, 9.17) is 0 Å². The van der Waals surface area contributed by atoms with Crippen molar-refractivity contribution in [3.63, 3.8) is 0 Å². The summed E-state index contributed by atoms with van der Waals surface area (Å²) >= 11 is 4.06. The van der Waals surface area contributed by atoms with E-state index in [-0.39, 0.29) is 5.91 Å². The zero-order valence-electron chi connectivity index (χ0n) is 10.5. The molecule has 1 aromatic rings. The fraction of sp³-hybridized carbons (Fsp3) is 0.267. The Labute approximate surface area is 114 Å². The molecule has 2 rings (SSSR count). The lowest BCUT2D eigenvalue weighted by Gasteiger charge is -2.05. The standard InChI is InChI=1S/C9H10S.C6H9NO/c10-8-4-7-9-5-2-1-3-6-9;1-2-7-5-3-4-6(7)8/h1-7,10H,8H2;2H,1,3-5H2. The van der Waals surface area contributed by atoms with E-state index in [1.165, 1.54) is 5.56 Å². The molecule has 0 radical (unpaired) electrons. The van der Waals surface area contributed by atoms with Gasteiger partial charge in [0.25, 0.3) is 0 Å². The summed E-state index contributed by atoms with van der Waals surface area (Å²) in [6.07, 6.45) is 7.37. The number of nitrogens with zero attached hydrogens (tertiary/aromatic N) is 1. The van der Waals surface area contributed by atoms with E-state index in [1.807, 2.05) is 24.3 Å². The van der Waals surface area contributed by atoms with Crippen molar-refractivity contribution in [1.29, 1.82) is 0 Å². The number of thiol groups is 1. The molecule has 0 unspecified atom stereocenters. The lowest BCUT2D eigenvalue weighted by molar-refractivity contribution is -0.125. The number of likely N-dealkylation sites (tertiary alicyclic amines) is 1. The first-order valence-corrected chi connectivity index (χ1v) is 6.65. The van der Waals surface area contributed by atoms with Crippen LogP contribution in [0.2, 0.25) is 0 Å². The molecule has 0 aliphatic carbocycles. The third-order valence-electron chi connectivity index (χ3n) is 2.55. The minimum Gasteiger partial charge on any atom is -0.320 e. The van der Waals surface area contributed by atoms with Gasteiger partial charge < -0.3 is 4.90 Å². The zero-order chi connectivity index (χ0) is 13.2. The Morgan fingerprint density at radius 2 is 2.06 bits per heavy atom. The molecule has 1 aliphatic rings. The molecular weight excluding hydrogens is 242 g/mol. The molecule has 0 bridgehead atoms. The highest BCUT2D eigenvalue weighted by molar-refractivity contribution is 7.80. The maximum Gasteiger partial charge on any atom is 0.226 e. The molecule has 0 saturated carbocycles. The number of benzene rings is 1. The van der Waals surface area contributed by atoms with Crippen LogP contribution in [0.15, 0.2) is 49.2 Å². The molecule has 1 aromatic carbocycles. The highest BCUT2D eigenvalue weighted by atomic mass is 32.1. The van der Waals surface area contributed by atoms with E-state index in [1.54, 1.807) is 11.1 Å². The van der Waals surface area contributed by atoms with Gasteiger partial charge in [-0.1, -0.05) is 49.1 Å². The van der Waals surface area contributed by atoms with Crippen molar-refractivity contribution in [2.45, 2.75) is 12.8 Å². The number of hydrogen-bond acceptors (Lipinski definition) is 2. The summed E-state index contributed by atoms with van der Waals surface area (Å²) in [4.78, 5) is 12.3. The summed E-state index contributed by atoms with van der Waals surface area (Å²) in [6, 6.07) is 10.2. The van der Waals surface area contributed by atoms with Crippen LogP contribution in [0.3, 0.4) is 0 Å². The molecule has 1 fully saturated rings. The summed E-state index contributed by atoms with van der Waals surface area (Å²) in [5.74, 6) is 1.01. The van der Waals surface area contributed by atoms with E-state index < -0.39 is 0 Å². The van der Waals surface area contributed by atoms with Gasteiger partial charge in [-0.3, -0.25) is 4.79 Å². The summed E-state index contributed by atoms with van der Waals surface area (Å²) in [5.41, 5.74) is 1.23. The van der Waals surface area contributed by atoms with Gasteiger partial charge in [-0.2, -0.15) is 12.6 Å². The van der Waals surface area contributed by atoms with Gasteiger partial charge in [-0.25, -0.2) is 0 Å². The topological polar surface area (TPSA) is 20.3 Å². The predicted molar refractivity (Wildman–Crippen MR) is 80.5 cm³/mol. The van der Waals surface area contributed by atoms with Crippen molar-refractivity contribution in [3.05, 3.63) is 54.8 Å². The van der Waals surface area contributed by atoms with E-state index in [0.717, 1.165) is 18.7 Å². The Morgan fingerprint density at radius 3 is 2.50 bits per heavy atom. The van der Waals surface area contributed by atoms with Crippen LogP contribution in [0, 0.1) is 0 Å². The van der Waals surface area contributed by atoms with E-state index >= 15 is 0 Å². The third-order valence-corrected chi connectivity index (χ3v) is 2.76. The van der Waals surface area contributed by atoms with Crippen molar-refractivity contribution < 1.29 is 4.79 Å². The number of carbonyl (C=O) groups is 1. The second-order valence-corrected chi connectivity index (χ2v) is 4.23. The van der Waals surface area contributed by atoms with Gasteiger partial charge in [0.1, 0.15) is 0 Å². The second kappa shape index (κ2) is 8.59. The first kappa shape index (κ1) is 14.6. The average Bonchev–Trinajstić information content (AvgIpc) is 2.84. The normalized spacial score (nSPS) is 14.5. The number of amides is 1. The number of hydrogen-bond donors (Lipinski definition) is 1. The highest BCUT2D eigenvalue weighted by Gasteiger charge is 2.15. The fourth-order valence-electron chi connectivity index (χ4n) is 1.61. The van der Waals surface area contributed by atoms with Gasteiger partial charge in [0.2, 0.25) is 5.91 Å². The minimum atomic E-state index is 0.208. The van der Waals surface area contributed by atoms with Gasteiger partial charge in [0.05, 0.1) is 0 Å². The van der Waals surface area contributed by atoms with Crippen LogP contribution in [-0.2, 0) is 4.79 Å². The SMILES string of the molecule is C=CN1CCCC1=O.SCC=Cc1ccccc1. The molecule has 1 aliphatic heterocycles. The lowest BCUT2D eigenvalue weighted by atomic mass is 10.2. The molecule has 1 amide bonds. The molecule has 18 heavy (non-hydrogen) atoms. The van der Waals surface area contributed by atoms with Gasteiger partial charge >= 0.3 is 0 Å². The molecule has 1 heterocycles. The van der Waals surface area contributed by atoms with E-state index in [9.17, 15) is 4.79 Å². The first-order chi connectivity index (χ1) is 8.77. The third kappa shape index (κ3) is 5.23. The molecule has 0 N–H and O–H groups in total. The number of rotatable bonds is 3. The maximum atomic E-state index is 10.7. The minimum absolute atomic E-state index is 0.208. The van der Waals surface area contributed by atoms with Crippen LogP contribution in [-0.4, -0.2) is 23.1 Å². The zero-order valence-corrected chi connectivity index (χ0v) is 11.4. The molecule has 0 atom stereocenters. The molecule has 0 aromatic heterocycles. The molecule has 2 nitrogen and oxygen atoms in total. The van der Waals surface area contributed by atoms with Crippen LogP contribution in [0.25, 0.3) is 6.08 Å². The average molecular weight is 261 g/mol. The lowest BCUT2D eigenvalue weighted by Crippen LogP contribution is -2.16. The van der Waals surface area contributed by atoms with Crippen molar-refractivity contribution in [2.24, 2.45) is 0 Å². The Hall–Kier alpha value is -1.48. The van der Waals surface area contributed by atoms with Crippen molar-refractivity contribution >= 4 is 24.6 Å².